The monoisotopic (exact) mass is 151 g/mol. The first-order valence-electron chi connectivity index (χ1n) is 3.72. The molecular weight excluding hydrogens is 138 g/mol. The van der Waals surface area contributed by atoms with E-state index < -0.39 is 0 Å². The minimum atomic E-state index is 0.319. The highest BCUT2D eigenvalue weighted by atomic mass is 16.3. The fourth-order valence-corrected chi connectivity index (χ4v) is 1.08. The van der Waals surface area contributed by atoms with E-state index in [-0.39, 0.29) is 0 Å². The summed E-state index contributed by atoms with van der Waals surface area (Å²) in [6.07, 6.45) is 0.834. The summed E-state index contributed by atoms with van der Waals surface area (Å²) >= 11 is 0. The Kier molecular flexibility index (Phi) is 2.49. The number of aryl methyl sites for hydroxylation is 1. The fourth-order valence-electron chi connectivity index (χ4n) is 1.08. The largest absolute Gasteiger partial charge is 0.508 e. The molecule has 3 N–H and O–H groups in total. The van der Waals surface area contributed by atoms with Gasteiger partial charge in [0.05, 0.1) is 0 Å². The molecule has 0 aromatic heterocycles. The molecule has 0 fully saturated rings. The van der Waals surface area contributed by atoms with Crippen molar-refractivity contribution in [2.75, 3.05) is 6.54 Å². The van der Waals surface area contributed by atoms with E-state index in [1.165, 1.54) is 5.56 Å². The molecule has 0 aliphatic heterocycles. The molecule has 0 saturated carbocycles. The molecule has 0 amide bonds. The molecule has 0 saturated heterocycles. The van der Waals surface area contributed by atoms with Crippen LogP contribution in [0.5, 0.6) is 5.75 Å². The highest BCUT2D eigenvalue weighted by Gasteiger charge is 1.97. The molecule has 1 rings (SSSR count). The normalized spacial score (nSPS) is 10.0. The molecule has 0 aliphatic rings. The second-order valence-electron chi connectivity index (χ2n) is 2.65. The van der Waals surface area contributed by atoms with Crippen molar-refractivity contribution >= 4 is 0 Å². The zero-order valence-corrected chi connectivity index (χ0v) is 6.67. The van der Waals surface area contributed by atoms with Gasteiger partial charge in [-0.1, -0.05) is 6.07 Å². The zero-order valence-electron chi connectivity index (χ0n) is 6.67. The lowest BCUT2D eigenvalue weighted by Gasteiger charge is -2.03. The smallest absolute Gasteiger partial charge is 0.115 e. The molecule has 0 bridgehead atoms. The van der Waals surface area contributed by atoms with Gasteiger partial charge >= 0.3 is 0 Å². The third-order valence-corrected chi connectivity index (χ3v) is 1.75. The minimum absolute atomic E-state index is 0.319. The van der Waals surface area contributed by atoms with Gasteiger partial charge in [-0.05, 0) is 43.1 Å². The molecule has 0 radical (unpaired) electrons. The van der Waals surface area contributed by atoms with E-state index in [4.69, 9.17) is 10.8 Å². The first-order valence-corrected chi connectivity index (χ1v) is 3.72. The lowest BCUT2D eigenvalue weighted by molar-refractivity contribution is 0.474. The molecule has 0 heterocycles. The Morgan fingerprint density at radius 1 is 1.45 bits per heavy atom. The van der Waals surface area contributed by atoms with E-state index in [2.05, 4.69) is 0 Å². The quantitative estimate of drug-likeness (QED) is 0.667. The predicted octanol–water partition coefficient (Wildman–Crippen LogP) is 1.20. The van der Waals surface area contributed by atoms with Gasteiger partial charge in [-0.25, -0.2) is 0 Å². The lowest BCUT2D eigenvalue weighted by atomic mass is 10.1. The van der Waals surface area contributed by atoms with Crippen molar-refractivity contribution in [1.29, 1.82) is 0 Å². The molecule has 11 heavy (non-hydrogen) atoms. The number of nitrogens with two attached hydrogens (primary N) is 1. The van der Waals surface area contributed by atoms with Crippen LogP contribution in [0.4, 0.5) is 0 Å². The van der Waals surface area contributed by atoms with Crippen LogP contribution in [-0.2, 0) is 6.42 Å². The number of rotatable bonds is 2. The van der Waals surface area contributed by atoms with E-state index in [1.807, 2.05) is 13.0 Å². The Morgan fingerprint density at radius 2 is 2.18 bits per heavy atom. The van der Waals surface area contributed by atoms with Crippen molar-refractivity contribution in [2.45, 2.75) is 13.3 Å². The average molecular weight is 151 g/mol. The molecule has 1 aromatic carbocycles. The van der Waals surface area contributed by atoms with Crippen molar-refractivity contribution in [3.63, 3.8) is 0 Å². The van der Waals surface area contributed by atoms with Crippen molar-refractivity contribution < 1.29 is 5.11 Å². The molecule has 1 aromatic rings. The number of phenolic OH excluding ortho intramolecular Hbond substituents is 1. The number of phenols is 1. The number of hydrogen-bond acceptors (Lipinski definition) is 2. The van der Waals surface area contributed by atoms with Gasteiger partial charge in [-0.3, -0.25) is 0 Å². The van der Waals surface area contributed by atoms with Crippen LogP contribution in [0, 0.1) is 6.92 Å². The van der Waals surface area contributed by atoms with Gasteiger partial charge in [0, 0.05) is 0 Å². The Labute approximate surface area is 66.7 Å². The molecule has 0 spiro atoms. The fraction of sp³-hybridized carbons (Fsp3) is 0.333. The van der Waals surface area contributed by atoms with Crippen LogP contribution in [0.25, 0.3) is 0 Å². The van der Waals surface area contributed by atoms with Gasteiger partial charge in [-0.15, -0.1) is 0 Å². The highest BCUT2D eigenvalue weighted by molar-refractivity contribution is 5.34. The highest BCUT2D eigenvalue weighted by Crippen LogP contribution is 2.15. The summed E-state index contributed by atoms with van der Waals surface area (Å²) in [7, 11) is 0. The Morgan fingerprint density at radius 3 is 2.82 bits per heavy atom. The summed E-state index contributed by atoms with van der Waals surface area (Å²) in [6.45, 7) is 2.65. The van der Waals surface area contributed by atoms with Crippen molar-refractivity contribution in [2.24, 2.45) is 5.73 Å². The summed E-state index contributed by atoms with van der Waals surface area (Å²) in [5.74, 6) is 0.319. The summed E-state index contributed by atoms with van der Waals surface area (Å²) in [4.78, 5) is 0. The third kappa shape index (κ3) is 1.95. The lowest BCUT2D eigenvalue weighted by Crippen LogP contribution is -2.03. The average Bonchev–Trinajstić information content (AvgIpc) is 1.98. The predicted molar refractivity (Wildman–Crippen MR) is 45.6 cm³/mol. The molecule has 0 atom stereocenters. The molecule has 60 valence electrons. The van der Waals surface area contributed by atoms with Crippen LogP contribution in [0.1, 0.15) is 11.1 Å². The zero-order chi connectivity index (χ0) is 8.27. The standard InChI is InChI=1S/C9H13NO/c1-7-2-3-9(11)6-8(7)4-5-10/h2-3,6,11H,4-5,10H2,1H3. The Balaban J connectivity index is 2.93. The summed E-state index contributed by atoms with van der Waals surface area (Å²) in [5.41, 5.74) is 7.72. The minimum Gasteiger partial charge on any atom is -0.508 e. The number of aromatic hydroxyl groups is 1. The van der Waals surface area contributed by atoms with Gasteiger partial charge in [0.2, 0.25) is 0 Å². The first-order chi connectivity index (χ1) is 5.24. The molecule has 0 aliphatic carbocycles. The topological polar surface area (TPSA) is 46.2 Å². The van der Waals surface area contributed by atoms with Crippen molar-refractivity contribution in [3.05, 3.63) is 29.3 Å². The van der Waals surface area contributed by atoms with E-state index in [1.54, 1.807) is 12.1 Å². The molecule has 2 heteroatoms. The second-order valence-corrected chi connectivity index (χ2v) is 2.65. The van der Waals surface area contributed by atoms with Gasteiger partial charge in [0.1, 0.15) is 5.75 Å². The maximum Gasteiger partial charge on any atom is 0.115 e. The molecule has 2 nitrogen and oxygen atoms in total. The maximum atomic E-state index is 9.12. The summed E-state index contributed by atoms with van der Waals surface area (Å²) < 4.78 is 0. The van der Waals surface area contributed by atoms with Crippen molar-refractivity contribution in [1.82, 2.24) is 0 Å². The van der Waals surface area contributed by atoms with E-state index >= 15 is 0 Å². The van der Waals surface area contributed by atoms with Gasteiger partial charge in [0.15, 0.2) is 0 Å². The first kappa shape index (κ1) is 8.08. The van der Waals surface area contributed by atoms with Crippen LogP contribution in [0.2, 0.25) is 0 Å². The summed E-state index contributed by atoms with van der Waals surface area (Å²) in [6, 6.07) is 5.36. The van der Waals surface area contributed by atoms with Crippen molar-refractivity contribution in [3.8, 4) is 5.75 Å². The van der Waals surface area contributed by atoms with Gasteiger partial charge < -0.3 is 10.8 Å². The van der Waals surface area contributed by atoms with Gasteiger partial charge in [0.25, 0.3) is 0 Å². The third-order valence-electron chi connectivity index (χ3n) is 1.75. The van der Waals surface area contributed by atoms with Crippen LogP contribution in [-0.4, -0.2) is 11.7 Å². The van der Waals surface area contributed by atoms with Crippen LogP contribution in [0.3, 0.4) is 0 Å². The van der Waals surface area contributed by atoms with Gasteiger partial charge in [-0.2, -0.15) is 0 Å². The van der Waals surface area contributed by atoms with Crippen LogP contribution >= 0.6 is 0 Å². The number of hydrogen-bond donors (Lipinski definition) is 2. The SMILES string of the molecule is Cc1ccc(O)cc1CCN. The van der Waals surface area contributed by atoms with E-state index in [0.29, 0.717) is 12.3 Å². The van der Waals surface area contributed by atoms with Crippen LogP contribution < -0.4 is 5.73 Å². The second kappa shape index (κ2) is 3.39. The maximum absolute atomic E-state index is 9.12. The summed E-state index contributed by atoms with van der Waals surface area (Å²) in [5, 5.41) is 9.12. The Hall–Kier alpha value is -1.02. The van der Waals surface area contributed by atoms with E-state index in [9.17, 15) is 0 Å². The Bertz CT molecular complexity index is 245. The molecule has 0 unspecified atom stereocenters. The van der Waals surface area contributed by atoms with E-state index in [0.717, 1.165) is 12.0 Å². The van der Waals surface area contributed by atoms with Crippen LogP contribution in [0.15, 0.2) is 18.2 Å². The number of benzene rings is 1. The molecular formula is C9H13NO.